The van der Waals surface area contributed by atoms with Crippen molar-refractivity contribution in [1.82, 2.24) is 0 Å². The van der Waals surface area contributed by atoms with Crippen molar-refractivity contribution in [3.63, 3.8) is 0 Å². The number of ether oxygens (including phenoxy) is 2. The highest BCUT2D eigenvalue weighted by Gasteiger charge is 2.30. The lowest BCUT2D eigenvalue weighted by atomic mass is 9.86. The largest absolute Gasteiger partial charge is 0.491 e. The van der Waals surface area contributed by atoms with Crippen LogP contribution in [0.4, 0.5) is 0 Å². The second-order valence-electron chi connectivity index (χ2n) is 6.43. The number of methoxy groups -OCH3 is 1. The van der Waals surface area contributed by atoms with Crippen LogP contribution in [0, 0.1) is 6.92 Å². The van der Waals surface area contributed by atoms with Crippen LogP contribution >= 0.6 is 0 Å². The van der Waals surface area contributed by atoms with Gasteiger partial charge in [0.15, 0.2) is 0 Å². The zero-order valence-electron chi connectivity index (χ0n) is 13.2. The highest BCUT2D eigenvalue weighted by atomic mass is 16.5. The van der Waals surface area contributed by atoms with Gasteiger partial charge >= 0.3 is 5.97 Å². The molecule has 4 heteroatoms. The van der Waals surface area contributed by atoms with Gasteiger partial charge in [0.1, 0.15) is 17.9 Å². The molecule has 0 spiro atoms. The van der Waals surface area contributed by atoms with E-state index >= 15 is 0 Å². The van der Waals surface area contributed by atoms with Crippen LogP contribution in [0.25, 0.3) is 0 Å². The summed E-state index contributed by atoms with van der Waals surface area (Å²) in [7, 11) is 1.32. The van der Waals surface area contributed by atoms with Gasteiger partial charge < -0.3 is 15.2 Å². The van der Waals surface area contributed by atoms with Crippen LogP contribution in [0.2, 0.25) is 0 Å². The maximum absolute atomic E-state index is 11.5. The van der Waals surface area contributed by atoms with Crippen molar-refractivity contribution in [1.29, 1.82) is 0 Å². The summed E-state index contributed by atoms with van der Waals surface area (Å²) < 4.78 is 10.3. The highest BCUT2D eigenvalue weighted by Crippen LogP contribution is 2.27. The van der Waals surface area contributed by atoms with Crippen molar-refractivity contribution in [2.45, 2.75) is 45.6 Å². The summed E-state index contributed by atoms with van der Waals surface area (Å²) in [6.45, 7) is 10.1. The molecule has 1 unspecified atom stereocenters. The molecule has 2 N–H and O–H groups in total. The van der Waals surface area contributed by atoms with Crippen molar-refractivity contribution in [3.8, 4) is 5.75 Å². The Balaban J connectivity index is 2.83. The van der Waals surface area contributed by atoms with Crippen LogP contribution in [0.1, 0.15) is 38.8 Å². The lowest BCUT2D eigenvalue weighted by Crippen LogP contribution is -2.50. The second kappa shape index (κ2) is 5.83. The summed E-state index contributed by atoms with van der Waals surface area (Å²) >= 11 is 0. The van der Waals surface area contributed by atoms with Gasteiger partial charge in [-0.05, 0) is 36.5 Å². The van der Waals surface area contributed by atoms with Gasteiger partial charge in [0.25, 0.3) is 0 Å². The third-order valence-electron chi connectivity index (χ3n) is 3.22. The standard InChI is InChI=1S/C16H25NO3/c1-11-9-12(15(2,3)4)7-8-13(11)20-10-16(5,17)14(18)19-6/h7-9H,10,17H2,1-6H3. The summed E-state index contributed by atoms with van der Waals surface area (Å²) in [6.07, 6.45) is 0. The van der Waals surface area contributed by atoms with E-state index in [-0.39, 0.29) is 12.0 Å². The number of nitrogens with two attached hydrogens (primary N) is 1. The molecule has 0 saturated heterocycles. The molecule has 1 atom stereocenters. The van der Waals surface area contributed by atoms with Gasteiger partial charge in [-0.15, -0.1) is 0 Å². The molecule has 0 fully saturated rings. The van der Waals surface area contributed by atoms with E-state index in [2.05, 4.69) is 31.6 Å². The van der Waals surface area contributed by atoms with Crippen molar-refractivity contribution >= 4 is 5.97 Å². The molecule has 0 amide bonds. The van der Waals surface area contributed by atoms with Crippen molar-refractivity contribution < 1.29 is 14.3 Å². The van der Waals surface area contributed by atoms with Gasteiger partial charge in [-0.25, -0.2) is 4.79 Å². The van der Waals surface area contributed by atoms with Crippen LogP contribution in [0.15, 0.2) is 18.2 Å². The molecule has 1 aromatic rings. The summed E-state index contributed by atoms with van der Waals surface area (Å²) in [5.41, 5.74) is 7.08. The number of hydrogen-bond acceptors (Lipinski definition) is 4. The van der Waals surface area contributed by atoms with E-state index in [9.17, 15) is 4.79 Å². The molecule has 0 aliphatic rings. The lowest BCUT2D eigenvalue weighted by Gasteiger charge is -2.24. The Morgan fingerprint density at radius 1 is 1.25 bits per heavy atom. The van der Waals surface area contributed by atoms with Gasteiger partial charge in [-0.1, -0.05) is 32.9 Å². The molecule has 0 aromatic heterocycles. The molecule has 20 heavy (non-hydrogen) atoms. The maximum Gasteiger partial charge on any atom is 0.329 e. The van der Waals surface area contributed by atoms with Gasteiger partial charge in [-0.3, -0.25) is 0 Å². The first kappa shape index (κ1) is 16.5. The third-order valence-corrected chi connectivity index (χ3v) is 3.22. The van der Waals surface area contributed by atoms with Crippen LogP contribution in [0.3, 0.4) is 0 Å². The van der Waals surface area contributed by atoms with E-state index in [4.69, 9.17) is 10.5 Å². The van der Waals surface area contributed by atoms with E-state index in [1.54, 1.807) is 6.92 Å². The minimum Gasteiger partial charge on any atom is -0.491 e. The number of rotatable bonds is 4. The number of carbonyl (C=O) groups excluding carboxylic acids is 1. The minimum atomic E-state index is -1.15. The zero-order chi connectivity index (χ0) is 15.6. The SMILES string of the molecule is COC(=O)C(C)(N)COc1ccc(C(C)(C)C)cc1C. The quantitative estimate of drug-likeness (QED) is 0.860. The molecule has 0 saturated carbocycles. The summed E-state index contributed by atoms with van der Waals surface area (Å²) in [5, 5.41) is 0. The molecule has 112 valence electrons. The minimum absolute atomic E-state index is 0.0787. The molecular formula is C16H25NO3. The summed E-state index contributed by atoms with van der Waals surface area (Å²) in [6, 6.07) is 6.05. The van der Waals surface area contributed by atoms with Crippen molar-refractivity contribution in [2.24, 2.45) is 5.73 Å². The van der Waals surface area contributed by atoms with E-state index < -0.39 is 11.5 Å². The van der Waals surface area contributed by atoms with Gasteiger partial charge in [0.05, 0.1) is 7.11 Å². The molecule has 0 bridgehead atoms. The van der Waals surface area contributed by atoms with Crippen molar-refractivity contribution in [2.75, 3.05) is 13.7 Å². The number of hydrogen-bond donors (Lipinski definition) is 1. The molecule has 0 heterocycles. The predicted molar refractivity (Wildman–Crippen MR) is 80.0 cm³/mol. The molecule has 0 aliphatic carbocycles. The van der Waals surface area contributed by atoms with Gasteiger partial charge in [0, 0.05) is 0 Å². The number of benzene rings is 1. The first-order valence-electron chi connectivity index (χ1n) is 6.69. The molecule has 4 nitrogen and oxygen atoms in total. The molecule has 1 aromatic carbocycles. The van der Waals surface area contributed by atoms with Crippen LogP contribution in [0.5, 0.6) is 5.75 Å². The zero-order valence-corrected chi connectivity index (χ0v) is 13.2. The van der Waals surface area contributed by atoms with E-state index in [1.807, 2.05) is 19.1 Å². The van der Waals surface area contributed by atoms with Crippen molar-refractivity contribution in [3.05, 3.63) is 29.3 Å². The fourth-order valence-electron chi connectivity index (χ4n) is 1.80. The predicted octanol–water partition coefficient (Wildman–Crippen LogP) is 2.56. The van der Waals surface area contributed by atoms with E-state index in [1.165, 1.54) is 12.7 Å². The lowest BCUT2D eigenvalue weighted by molar-refractivity contribution is -0.147. The van der Waals surface area contributed by atoms with E-state index in [0.717, 1.165) is 11.3 Å². The van der Waals surface area contributed by atoms with E-state index in [0.29, 0.717) is 0 Å². The first-order chi connectivity index (χ1) is 9.08. The number of esters is 1. The number of carbonyl (C=O) groups is 1. The highest BCUT2D eigenvalue weighted by molar-refractivity contribution is 5.80. The smallest absolute Gasteiger partial charge is 0.329 e. The molecule has 0 radical (unpaired) electrons. The monoisotopic (exact) mass is 279 g/mol. The maximum atomic E-state index is 11.5. The van der Waals surface area contributed by atoms with Crippen LogP contribution in [-0.2, 0) is 14.9 Å². The second-order valence-corrected chi connectivity index (χ2v) is 6.43. The fraction of sp³-hybridized carbons (Fsp3) is 0.562. The fourth-order valence-corrected chi connectivity index (χ4v) is 1.80. The Morgan fingerprint density at radius 3 is 2.30 bits per heavy atom. The topological polar surface area (TPSA) is 61.5 Å². The Morgan fingerprint density at radius 2 is 1.85 bits per heavy atom. The Bertz CT molecular complexity index is 487. The average molecular weight is 279 g/mol. The normalized spacial score (nSPS) is 14.6. The molecular weight excluding hydrogens is 254 g/mol. The average Bonchev–Trinajstić information content (AvgIpc) is 2.35. The first-order valence-corrected chi connectivity index (χ1v) is 6.69. The third kappa shape index (κ3) is 3.97. The summed E-state index contributed by atoms with van der Waals surface area (Å²) in [4.78, 5) is 11.5. The van der Waals surface area contributed by atoms with Crippen LogP contribution in [-0.4, -0.2) is 25.2 Å². The van der Waals surface area contributed by atoms with Gasteiger partial charge in [0.2, 0.25) is 0 Å². The van der Waals surface area contributed by atoms with Gasteiger partial charge in [-0.2, -0.15) is 0 Å². The Kier molecular flexibility index (Phi) is 4.81. The van der Waals surface area contributed by atoms with Crippen LogP contribution < -0.4 is 10.5 Å². The Hall–Kier alpha value is -1.55. The Labute approximate surface area is 121 Å². The number of aryl methyl sites for hydroxylation is 1. The molecule has 0 aliphatic heterocycles. The summed E-state index contributed by atoms with van der Waals surface area (Å²) in [5.74, 6) is 0.250. The molecule has 1 rings (SSSR count).